The van der Waals surface area contributed by atoms with E-state index in [2.05, 4.69) is 36.9 Å². The van der Waals surface area contributed by atoms with Crippen LogP contribution >= 0.6 is 0 Å². The third-order valence-electron chi connectivity index (χ3n) is 2.04. The van der Waals surface area contributed by atoms with Crippen molar-refractivity contribution in [3.05, 3.63) is 47.9 Å². The molecular formula is C15H26N2O6S2. The van der Waals surface area contributed by atoms with Crippen molar-refractivity contribution < 1.29 is 26.4 Å². The molecule has 25 heavy (non-hydrogen) atoms. The predicted molar refractivity (Wildman–Crippen MR) is 101 cm³/mol. The van der Waals surface area contributed by atoms with Crippen molar-refractivity contribution in [3.63, 3.8) is 0 Å². The molecule has 0 rings (SSSR count). The number of carbonyl (C=O) groups is 2. The number of carbonyl (C=O) groups excluding carboxylic acids is 2. The maximum atomic E-state index is 10.5. The van der Waals surface area contributed by atoms with Gasteiger partial charge in [-0.15, -0.1) is 0 Å². The van der Waals surface area contributed by atoms with Crippen LogP contribution in [0, 0.1) is 0 Å². The van der Waals surface area contributed by atoms with Gasteiger partial charge in [0, 0.05) is 48.1 Å². The molecule has 0 bridgehead atoms. The lowest BCUT2D eigenvalue weighted by molar-refractivity contribution is -0.121. The van der Waals surface area contributed by atoms with Crippen LogP contribution in [0.25, 0.3) is 0 Å². The number of nitrogens with one attached hydrogen (secondary N) is 2. The van der Waals surface area contributed by atoms with Gasteiger partial charge in [0.25, 0.3) is 0 Å². The molecule has 0 aromatic rings. The molecule has 0 aliphatic rings. The molecule has 0 spiro atoms. The molecule has 0 saturated heterocycles. The predicted octanol–water partition coefficient (Wildman–Crippen LogP) is 1.02. The van der Waals surface area contributed by atoms with Gasteiger partial charge >= 0.3 is 0 Å². The van der Waals surface area contributed by atoms with E-state index in [-0.39, 0.29) is 17.9 Å². The lowest BCUT2D eigenvalue weighted by Gasteiger charge is -2.11. The molecule has 2 amide bonds. The van der Waals surface area contributed by atoms with E-state index in [9.17, 15) is 26.4 Å². The van der Waals surface area contributed by atoms with Crippen LogP contribution in [0.2, 0.25) is 0 Å². The molecule has 1 unspecified atom stereocenters. The van der Waals surface area contributed by atoms with Gasteiger partial charge in [-0.1, -0.05) is 26.3 Å². The Bertz CT molecular complexity index is 609. The average Bonchev–Trinajstić information content (AvgIpc) is 2.53. The minimum atomic E-state index is -3.13. The van der Waals surface area contributed by atoms with Crippen molar-refractivity contribution >= 4 is 31.5 Å². The fraction of sp³-hybridized carbons (Fsp3) is 0.333. The van der Waals surface area contributed by atoms with E-state index in [0.29, 0.717) is 6.54 Å². The summed E-state index contributed by atoms with van der Waals surface area (Å²) in [5, 5.41) is 8.63. The summed E-state index contributed by atoms with van der Waals surface area (Å²) in [5.74, 6) is -0.162. The first-order chi connectivity index (χ1) is 11.3. The molecule has 0 aromatic carbocycles. The monoisotopic (exact) mass is 394 g/mol. The van der Waals surface area contributed by atoms with E-state index >= 15 is 0 Å². The normalized spacial score (nSPS) is 11.0. The highest BCUT2D eigenvalue weighted by atomic mass is 32.2. The van der Waals surface area contributed by atoms with Crippen LogP contribution in [0.4, 0.5) is 0 Å². The maximum Gasteiger partial charge on any atom is 0.217 e. The van der Waals surface area contributed by atoms with E-state index in [4.69, 9.17) is 0 Å². The van der Waals surface area contributed by atoms with E-state index in [1.54, 1.807) is 0 Å². The second kappa shape index (κ2) is 14.2. The van der Waals surface area contributed by atoms with Crippen LogP contribution < -0.4 is 10.6 Å². The summed E-state index contributed by atoms with van der Waals surface area (Å²) >= 11 is 0. The number of hydrogen-bond acceptors (Lipinski definition) is 6. The summed E-state index contributed by atoms with van der Waals surface area (Å²) in [6.07, 6.45) is 0. The first-order valence-corrected chi connectivity index (χ1v) is 10.00. The molecule has 0 saturated carbocycles. The molecule has 0 aliphatic heterocycles. The zero-order valence-corrected chi connectivity index (χ0v) is 16.3. The second-order valence-corrected chi connectivity index (χ2v) is 8.07. The van der Waals surface area contributed by atoms with Crippen molar-refractivity contribution in [2.75, 3.05) is 6.54 Å². The molecule has 0 radical (unpaired) electrons. The zero-order chi connectivity index (χ0) is 20.7. The molecular weight excluding hydrogens is 368 g/mol. The summed E-state index contributed by atoms with van der Waals surface area (Å²) in [5.41, 5.74) is 0. The lowest BCUT2D eigenvalue weighted by Crippen LogP contribution is -2.40. The van der Waals surface area contributed by atoms with Gasteiger partial charge < -0.3 is 10.6 Å². The Balaban J connectivity index is -0.000000304. The van der Waals surface area contributed by atoms with Gasteiger partial charge in [-0.25, -0.2) is 16.8 Å². The standard InChI is InChI=1S/C7H14N2O2.2C4H6O2S/c1-5(9-7(3)11)4-8-6(2)10;2*1-3-7(5,6)4-2/h5H,4H2,1-3H3,(H,8,10)(H,9,11);2*3-4H,1-2H2. The van der Waals surface area contributed by atoms with Crippen LogP contribution in [0.15, 0.2) is 47.9 Å². The van der Waals surface area contributed by atoms with Crippen molar-refractivity contribution in [2.24, 2.45) is 0 Å². The van der Waals surface area contributed by atoms with Crippen molar-refractivity contribution in [1.82, 2.24) is 10.6 Å². The molecule has 0 fully saturated rings. The van der Waals surface area contributed by atoms with Crippen LogP contribution in [0.3, 0.4) is 0 Å². The van der Waals surface area contributed by atoms with Gasteiger partial charge in [-0.05, 0) is 6.92 Å². The van der Waals surface area contributed by atoms with Crippen LogP contribution in [0.5, 0.6) is 0 Å². The summed E-state index contributed by atoms with van der Waals surface area (Å²) in [6.45, 7) is 17.4. The highest BCUT2D eigenvalue weighted by molar-refractivity contribution is 7.97. The third kappa shape index (κ3) is 24.2. The molecule has 2 N–H and O–H groups in total. The molecule has 144 valence electrons. The van der Waals surface area contributed by atoms with E-state index in [1.165, 1.54) is 13.8 Å². The SMILES string of the molecule is C=CS(=O)(=O)C=C.C=CS(=O)(=O)C=C.CC(=O)NCC(C)NC(C)=O. The Morgan fingerprint density at radius 2 is 1.16 bits per heavy atom. The van der Waals surface area contributed by atoms with E-state index < -0.39 is 19.7 Å². The third-order valence-corrected chi connectivity index (χ3v) is 3.89. The molecule has 1 atom stereocenters. The summed E-state index contributed by atoms with van der Waals surface area (Å²) in [6, 6.07) is -0.00333. The Hall–Kier alpha value is -2.20. The average molecular weight is 395 g/mol. The van der Waals surface area contributed by atoms with E-state index in [1.807, 2.05) is 6.92 Å². The van der Waals surface area contributed by atoms with Crippen molar-refractivity contribution in [2.45, 2.75) is 26.8 Å². The minimum Gasteiger partial charge on any atom is -0.354 e. The first kappa shape index (κ1) is 27.6. The van der Waals surface area contributed by atoms with Crippen LogP contribution in [-0.4, -0.2) is 41.2 Å². The Kier molecular flexibility index (Phi) is 15.7. The van der Waals surface area contributed by atoms with Gasteiger partial charge in [0.15, 0.2) is 19.7 Å². The Morgan fingerprint density at radius 3 is 1.32 bits per heavy atom. The fourth-order valence-corrected chi connectivity index (χ4v) is 1.10. The minimum absolute atomic E-state index is 0.00333. The topological polar surface area (TPSA) is 126 Å². The second-order valence-electron chi connectivity index (χ2n) is 4.38. The quantitative estimate of drug-likeness (QED) is 0.664. The number of rotatable bonds is 7. The fourth-order valence-electron chi connectivity index (χ4n) is 0.831. The molecule has 0 aliphatic carbocycles. The molecule has 0 aromatic heterocycles. The van der Waals surface area contributed by atoms with Gasteiger partial charge in [-0.2, -0.15) is 0 Å². The van der Waals surface area contributed by atoms with Crippen molar-refractivity contribution in [3.8, 4) is 0 Å². The van der Waals surface area contributed by atoms with E-state index in [0.717, 1.165) is 21.6 Å². The molecule has 10 heteroatoms. The zero-order valence-electron chi connectivity index (χ0n) is 14.7. The smallest absolute Gasteiger partial charge is 0.217 e. The molecule has 8 nitrogen and oxygen atoms in total. The first-order valence-electron chi connectivity index (χ1n) is 6.78. The number of sulfone groups is 2. The Morgan fingerprint density at radius 1 is 0.840 bits per heavy atom. The van der Waals surface area contributed by atoms with Crippen LogP contribution in [0.1, 0.15) is 20.8 Å². The lowest BCUT2D eigenvalue weighted by atomic mass is 10.3. The number of amides is 2. The van der Waals surface area contributed by atoms with Gasteiger partial charge in [-0.3, -0.25) is 9.59 Å². The highest BCUT2D eigenvalue weighted by Gasteiger charge is 2.02. The summed E-state index contributed by atoms with van der Waals surface area (Å²) < 4.78 is 40.5. The molecule has 0 heterocycles. The Labute approximate surface area is 150 Å². The highest BCUT2D eigenvalue weighted by Crippen LogP contribution is 1.87. The van der Waals surface area contributed by atoms with Gasteiger partial charge in [0.1, 0.15) is 0 Å². The number of hydrogen-bond donors (Lipinski definition) is 2. The van der Waals surface area contributed by atoms with Gasteiger partial charge in [0.2, 0.25) is 11.8 Å². The maximum absolute atomic E-state index is 10.5. The van der Waals surface area contributed by atoms with Gasteiger partial charge in [0.05, 0.1) is 0 Å². The largest absolute Gasteiger partial charge is 0.354 e. The van der Waals surface area contributed by atoms with Crippen molar-refractivity contribution in [1.29, 1.82) is 0 Å². The summed E-state index contributed by atoms with van der Waals surface area (Å²) in [7, 11) is -6.26. The summed E-state index contributed by atoms with van der Waals surface area (Å²) in [4.78, 5) is 20.9. The van der Waals surface area contributed by atoms with Crippen LogP contribution in [-0.2, 0) is 29.3 Å².